The van der Waals surface area contributed by atoms with Crippen LogP contribution < -0.4 is 9.47 Å². The minimum Gasteiger partial charge on any atom is -0.477 e. The number of ether oxygens (including phenoxy) is 2. The van der Waals surface area contributed by atoms with E-state index in [0.717, 1.165) is 6.20 Å². The molecule has 0 N–H and O–H groups in total. The molecule has 0 unspecified atom stereocenters. The Morgan fingerprint density at radius 1 is 1.15 bits per heavy atom. The highest BCUT2D eigenvalue weighted by atomic mass is 19.4. The summed E-state index contributed by atoms with van der Waals surface area (Å²) in [6.45, 7) is 0. The summed E-state index contributed by atoms with van der Waals surface area (Å²) in [6, 6.07) is 0. The normalized spacial score (nSPS) is 11.1. The van der Waals surface area contributed by atoms with Crippen LogP contribution in [-0.2, 0) is 0 Å². The first-order valence-corrected chi connectivity index (χ1v) is 3.13. The summed E-state index contributed by atoms with van der Waals surface area (Å²) in [5.74, 6) is -1.00. The van der Waals surface area contributed by atoms with Crippen LogP contribution >= 0.6 is 0 Å². The minimum absolute atomic E-state index is 0.306. The average molecular weight is 194 g/mol. The van der Waals surface area contributed by atoms with Gasteiger partial charge in [0.25, 0.3) is 11.8 Å². The number of methoxy groups -OCH3 is 1. The molecule has 0 aromatic carbocycles. The van der Waals surface area contributed by atoms with Gasteiger partial charge in [-0.15, -0.1) is 13.2 Å². The summed E-state index contributed by atoms with van der Waals surface area (Å²) in [7, 11) is 1.17. The smallest absolute Gasteiger partial charge is 0.477 e. The van der Waals surface area contributed by atoms with E-state index < -0.39 is 12.2 Å². The van der Waals surface area contributed by atoms with E-state index >= 15 is 0 Å². The zero-order chi connectivity index (χ0) is 9.90. The van der Waals surface area contributed by atoms with Gasteiger partial charge >= 0.3 is 6.36 Å². The molecule has 0 spiro atoms. The van der Waals surface area contributed by atoms with Crippen molar-refractivity contribution in [1.29, 1.82) is 0 Å². The van der Waals surface area contributed by atoms with E-state index in [4.69, 9.17) is 0 Å². The van der Waals surface area contributed by atoms with Crippen molar-refractivity contribution in [3.05, 3.63) is 12.4 Å². The summed E-state index contributed by atoms with van der Waals surface area (Å²) in [6.07, 6.45) is -2.52. The number of aromatic nitrogens is 2. The molecule has 0 fully saturated rings. The largest absolute Gasteiger partial charge is 0.574 e. The highest BCUT2D eigenvalue weighted by molar-refractivity contribution is 5.23. The van der Waals surface area contributed by atoms with Gasteiger partial charge in [-0.2, -0.15) is 0 Å². The van der Waals surface area contributed by atoms with E-state index in [-0.39, 0.29) is 5.88 Å². The maximum Gasteiger partial charge on any atom is 0.574 e. The Morgan fingerprint density at radius 2 is 1.69 bits per heavy atom. The number of hydrogen-bond donors (Lipinski definition) is 0. The zero-order valence-electron chi connectivity index (χ0n) is 6.50. The molecule has 7 heteroatoms. The fourth-order valence-electron chi connectivity index (χ4n) is 0.632. The van der Waals surface area contributed by atoms with Crippen molar-refractivity contribution >= 4 is 0 Å². The van der Waals surface area contributed by atoms with Gasteiger partial charge in [-0.1, -0.05) is 0 Å². The molecule has 4 nitrogen and oxygen atoms in total. The number of rotatable bonds is 2. The van der Waals surface area contributed by atoms with E-state index in [0.29, 0.717) is 0 Å². The molecule has 13 heavy (non-hydrogen) atoms. The maximum absolute atomic E-state index is 11.7. The lowest BCUT2D eigenvalue weighted by Gasteiger charge is -2.09. The van der Waals surface area contributed by atoms with Gasteiger partial charge in [0.05, 0.1) is 7.11 Å². The third-order valence-electron chi connectivity index (χ3n) is 1.04. The van der Waals surface area contributed by atoms with E-state index in [2.05, 4.69) is 19.4 Å². The van der Waals surface area contributed by atoms with Gasteiger partial charge in [-0.05, 0) is 0 Å². The van der Waals surface area contributed by atoms with Crippen molar-refractivity contribution in [3.63, 3.8) is 0 Å². The monoisotopic (exact) mass is 194 g/mol. The van der Waals surface area contributed by atoms with Crippen LogP contribution in [0.4, 0.5) is 13.2 Å². The second-order valence-corrected chi connectivity index (χ2v) is 1.92. The molecule has 72 valence electrons. The first-order valence-electron chi connectivity index (χ1n) is 3.13. The van der Waals surface area contributed by atoms with Gasteiger partial charge in [0, 0.05) is 12.4 Å². The second-order valence-electron chi connectivity index (χ2n) is 1.92. The predicted octanol–water partition coefficient (Wildman–Crippen LogP) is 1.38. The topological polar surface area (TPSA) is 44.2 Å². The molecule has 1 aromatic heterocycles. The van der Waals surface area contributed by atoms with E-state index in [1.807, 2.05) is 0 Å². The lowest BCUT2D eigenvalue weighted by Crippen LogP contribution is -2.18. The highest BCUT2D eigenvalue weighted by Gasteiger charge is 2.33. The molecule has 0 radical (unpaired) electrons. The predicted molar refractivity (Wildman–Crippen MR) is 35.3 cm³/mol. The second kappa shape index (κ2) is 3.46. The Labute approximate surface area is 71.3 Å². The molecule has 0 aliphatic carbocycles. The van der Waals surface area contributed by atoms with Gasteiger partial charge in [0.15, 0.2) is 0 Å². The average Bonchev–Trinajstić information content (AvgIpc) is 2.02. The molecule has 0 saturated carbocycles. The van der Waals surface area contributed by atoms with Crippen molar-refractivity contribution in [2.24, 2.45) is 0 Å². The first kappa shape index (κ1) is 9.56. The van der Waals surface area contributed by atoms with Crippen LogP contribution in [0.5, 0.6) is 11.8 Å². The van der Waals surface area contributed by atoms with Crippen LogP contribution in [0.3, 0.4) is 0 Å². The highest BCUT2D eigenvalue weighted by Crippen LogP contribution is 2.26. The Hall–Kier alpha value is -1.53. The van der Waals surface area contributed by atoms with Gasteiger partial charge in [0.2, 0.25) is 0 Å². The molecule has 0 aliphatic rings. The molecule has 1 heterocycles. The van der Waals surface area contributed by atoms with Gasteiger partial charge in [-0.3, -0.25) is 0 Å². The van der Waals surface area contributed by atoms with E-state index in [9.17, 15) is 13.2 Å². The standard InChI is InChI=1S/C6H5F3N2O2/c1-12-4-5(11-3-2-10-4)13-6(7,8)9/h2-3H,1H3. The summed E-state index contributed by atoms with van der Waals surface area (Å²) in [5, 5.41) is 0. The molecule has 0 bridgehead atoms. The third-order valence-corrected chi connectivity index (χ3v) is 1.04. The fourth-order valence-corrected chi connectivity index (χ4v) is 0.632. The Morgan fingerprint density at radius 3 is 2.15 bits per heavy atom. The minimum atomic E-state index is -4.79. The molecule has 1 aromatic rings. The molecule has 0 saturated heterocycles. The number of hydrogen-bond acceptors (Lipinski definition) is 4. The maximum atomic E-state index is 11.7. The van der Waals surface area contributed by atoms with Crippen LogP contribution in [0.15, 0.2) is 12.4 Å². The van der Waals surface area contributed by atoms with Crippen molar-refractivity contribution in [2.45, 2.75) is 6.36 Å². The van der Waals surface area contributed by atoms with Crippen LogP contribution in [0, 0.1) is 0 Å². The Balaban J connectivity index is 2.87. The zero-order valence-corrected chi connectivity index (χ0v) is 6.50. The SMILES string of the molecule is COc1nccnc1OC(F)(F)F. The van der Waals surface area contributed by atoms with Crippen LogP contribution in [0.2, 0.25) is 0 Å². The quantitative estimate of drug-likeness (QED) is 0.713. The lowest BCUT2D eigenvalue weighted by atomic mass is 10.7. The number of nitrogens with zero attached hydrogens (tertiary/aromatic N) is 2. The first-order chi connectivity index (χ1) is 6.03. The number of alkyl halides is 3. The molecular formula is C6H5F3N2O2. The Bertz CT molecular complexity index is 289. The summed E-state index contributed by atoms with van der Waals surface area (Å²) in [4.78, 5) is 6.78. The van der Waals surface area contributed by atoms with E-state index in [1.165, 1.54) is 13.3 Å². The summed E-state index contributed by atoms with van der Waals surface area (Å²) in [5.41, 5.74) is 0. The van der Waals surface area contributed by atoms with Gasteiger partial charge < -0.3 is 9.47 Å². The van der Waals surface area contributed by atoms with Gasteiger partial charge in [-0.25, -0.2) is 9.97 Å². The molecular weight excluding hydrogens is 189 g/mol. The number of halogens is 3. The van der Waals surface area contributed by atoms with Crippen molar-refractivity contribution in [2.75, 3.05) is 7.11 Å². The van der Waals surface area contributed by atoms with Crippen LogP contribution in [0.1, 0.15) is 0 Å². The summed E-state index contributed by atoms with van der Waals surface area (Å²) >= 11 is 0. The van der Waals surface area contributed by atoms with Gasteiger partial charge in [0.1, 0.15) is 0 Å². The Kier molecular flexibility index (Phi) is 2.54. The summed E-state index contributed by atoms with van der Waals surface area (Å²) < 4.78 is 43.2. The van der Waals surface area contributed by atoms with Crippen molar-refractivity contribution in [1.82, 2.24) is 9.97 Å². The molecule has 1 rings (SSSR count). The third kappa shape index (κ3) is 2.77. The molecule has 0 atom stereocenters. The fraction of sp³-hybridized carbons (Fsp3) is 0.333. The van der Waals surface area contributed by atoms with Crippen molar-refractivity contribution < 1.29 is 22.6 Å². The lowest BCUT2D eigenvalue weighted by molar-refractivity contribution is -0.276. The van der Waals surface area contributed by atoms with Crippen molar-refractivity contribution in [3.8, 4) is 11.8 Å². The van der Waals surface area contributed by atoms with Crippen LogP contribution in [-0.4, -0.2) is 23.4 Å². The van der Waals surface area contributed by atoms with Crippen LogP contribution in [0.25, 0.3) is 0 Å². The molecule has 0 aliphatic heterocycles. The molecule has 0 amide bonds. The van der Waals surface area contributed by atoms with E-state index in [1.54, 1.807) is 0 Å².